The first-order chi connectivity index (χ1) is 15.6. The van der Waals surface area contributed by atoms with E-state index in [2.05, 4.69) is 5.32 Å². The normalized spacial score (nSPS) is 15.7. The molecule has 0 radical (unpaired) electrons. The van der Waals surface area contributed by atoms with Crippen LogP contribution in [0.5, 0.6) is 11.5 Å². The number of hydrogen-bond donors (Lipinski definition) is 1. The van der Waals surface area contributed by atoms with E-state index in [9.17, 15) is 14.4 Å². The van der Waals surface area contributed by atoms with Gasteiger partial charge in [-0.25, -0.2) is 4.79 Å². The van der Waals surface area contributed by atoms with Crippen LogP contribution in [0.15, 0.2) is 48.5 Å². The number of rotatable bonds is 5. The molecule has 8 nitrogen and oxygen atoms in total. The Bertz CT molecular complexity index is 954. The number of nitrogens with one attached hydrogen (secondary N) is 1. The number of fused-ring (bicyclic) bond motifs is 2. The van der Waals surface area contributed by atoms with Crippen LogP contribution in [-0.4, -0.2) is 55.2 Å². The first-order valence-corrected chi connectivity index (χ1v) is 10.8. The number of amides is 2. The van der Waals surface area contributed by atoms with Crippen LogP contribution in [0.4, 0.5) is 4.79 Å². The van der Waals surface area contributed by atoms with Crippen molar-refractivity contribution in [3.05, 3.63) is 59.7 Å². The summed E-state index contributed by atoms with van der Waals surface area (Å²) in [5, 5.41) is 2.89. The molecule has 1 saturated heterocycles. The fourth-order valence-corrected chi connectivity index (χ4v) is 4.07. The van der Waals surface area contributed by atoms with Crippen molar-refractivity contribution in [2.75, 3.05) is 26.3 Å². The van der Waals surface area contributed by atoms with Crippen LogP contribution < -0.4 is 10.1 Å². The molecule has 0 aromatic heterocycles. The minimum absolute atomic E-state index is 0.0728. The second-order valence-corrected chi connectivity index (χ2v) is 7.75. The molecular formula is C24H26N2O6. The summed E-state index contributed by atoms with van der Waals surface area (Å²) in [6.07, 6.45) is 0.918. The van der Waals surface area contributed by atoms with Gasteiger partial charge >= 0.3 is 12.1 Å². The Labute approximate surface area is 186 Å². The van der Waals surface area contributed by atoms with Gasteiger partial charge in [0, 0.05) is 30.3 Å². The third kappa shape index (κ3) is 4.69. The van der Waals surface area contributed by atoms with Crippen molar-refractivity contribution in [1.29, 1.82) is 0 Å². The van der Waals surface area contributed by atoms with Crippen LogP contribution in [0.2, 0.25) is 0 Å². The maximum absolute atomic E-state index is 13.0. The number of nitrogens with zero attached hydrogens (tertiary/aromatic N) is 1. The van der Waals surface area contributed by atoms with Gasteiger partial charge in [-0.3, -0.25) is 9.59 Å². The van der Waals surface area contributed by atoms with E-state index in [0.29, 0.717) is 55.2 Å². The van der Waals surface area contributed by atoms with Gasteiger partial charge in [-0.05, 0) is 31.9 Å². The third-order valence-corrected chi connectivity index (χ3v) is 5.65. The number of benzene rings is 2. The highest BCUT2D eigenvalue weighted by Crippen LogP contribution is 2.44. The lowest BCUT2D eigenvalue weighted by molar-refractivity contribution is -0.149. The van der Waals surface area contributed by atoms with Crippen molar-refractivity contribution >= 4 is 18.0 Å². The number of carbonyl (C=O) groups excluding carboxylic acids is 3. The van der Waals surface area contributed by atoms with Crippen LogP contribution in [0.1, 0.15) is 36.8 Å². The molecule has 2 aromatic carbocycles. The summed E-state index contributed by atoms with van der Waals surface area (Å²) in [4.78, 5) is 38.8. The van der Waals surface area contributed by atoms with E-state index in [1.165, 1.54) is 0 Å². The molecule has 4 rings (SSSR count). The van der Waals surface area contributed by atoms with E-state index < -0.39 is 11.9 Å². The van der Waals surface area contributed by atoms with Crippen molar-refractivity contribution in [3.63, 3.8) is 0 Å². The van der Waals surface area contributed by atoms with Crippen molar-refractivity contribution in [2.45, 2.75) is 31.7 Å². The van der Waals surface area contributed by atoms with Gasteiger partial charge in [0.2, 0.25) is 0 Å². The smallest absolute Gasteiger partial charge is 0.409 e. The van der Waals surface area contributed by atoms with Gasteiger partial charge in [-0.2, -0.15) is 0 Å². The van der Waals surface area contributed by atoms with Gasteiger partial charge in [0.15, 0.2) is 6.61 Å². The van der Waals surface area contributed by atoms with E-state index in [1.807, 2.05) is 36.4 Å². The summed E-state index contributed by atoms with van der Waals surface area (Å²) < 4.78 is 16.3. The molecule has 2 aromatic rings. The molecule has 0 unspecified atom stereocenters. The molecule has 0 bridgehead atoms. The molecule has 0 atom stereocenters. The molecule has 0 spiro atoms. The van der Waals surface area contributed by atoms with Crippen molar-refractivity contribution < 1.29 is 28.6 Å². The summed E-state index contributed by atoms with van der Waals surface area (Å²) in [5.41, 5.74) is 1.42. The Hall–Kier alpha value is -3.55. The highest BCUT2D eigenvalue weighted by Gasteiger charge is 2.34. The number of likely N-dealkylation sites (tertiary alicyclic amines) is 1. The van der Waals surface area contributed by atoms with E-state index in [1.54, 1.807) is 24.0 Å². The standard InChI is InChI=1S/C24H26N2O6/c1-2-30-24(29)26-13-11-16(12-14-26)25-21(27)15-31-23(28)22-17-7-3-5-9-19(17)32-20-10-6-4-8-18(20)22/h3-10,16,22H,2,11-15H2,1H3,(H,25,27). The summed E-state index contributed by atoms with van der Waals surface area (Å²) in [6, 6.07) is 14.6. The molecule has 2 amide bonds. The van der Waals surface area contributed by atoms with Crippen LogP contribution in [0.3, 0.4) is 0 Å². The van der Waals surface area contributed by atoms with Crippen molar-refractivity contribution in [1.82, 2.24) is 10.2 Å². The summed E-state index contributed by atoms with van der Waals surface area (Å²) >= 11 is 0. The molecule has 1 fully saturated rings. The van der Waals surface area contributed by atoms with E-state index in [0.717, 1.165) is 0 Å². The Kier molecular flexibility index (Phi) is 6.58. The van der Waals surface area contributed by atoms with Gasteiger partial charge in [-0.1, -0.05) is 36.4 Å². The average Bonchev–Trinajstić information content (AvgIpc) is 2.81. The molecule has 0 aliphatic carbocycles. The molecule has 32 heavy (non-hydrogen) atoms. The summed E-state index contributed by atoms with van der Waals surface area (Å²) in [5.74, 6) is -0.310. The maximum Gasteiger partial charge on any atom is 0.409 e. The number of esters is 1. The minimum Gasteiger partial charge on any atom is -0.457 e. The van der Waals surface area contributed by atoms with Crippen LogP contribution in [0, 0.1) is 0 Å². The Morgan fingerprint density at radius 3 is 2.16 bits per heavy atom. The zero-order valence-electron chi connectivity index (χ0n) is 17.9. The number of piperidine rings is 1. The number of carbonyl (C=O) groups is 3. The van der Waals surface area contributed by atoms with Crippen LogP contribution in [-0.2, 0) is 19.1 Å². The second kappa shape index (κ2) is 9.72. The monoisotopic (exact) mass is 438 g/mol. The minimum atomic E-state index is -0.656. The number of para-hydroxylation sites is 2. The molecular weight excluding hydrogens is 412 g/mol. The fourth-order valence-electron chi connectivity index (χ4n) is 4.07. The second-order valence-electron chi connectivity index (χ2n) is 7.75. The van der Waals surface area contributed by atoms with Gasteiger partial charge in [0.1, 0.15) is 17.4 Å². The summed E-state index contributed by atoms with van der Waals surface area (Å²) in [6.45, 7) is 2.77. The Morgan fingerprint density at radius 2 is 1.56 bits per heavy atom. The predicted octanol–water partition coefficient (Wildman–Crippen LogP) is 3.20. The lowest BCUT2D eigenvalue weighted by atomic mass is 9.88. The Morgan fingerprint density at radius 1 is 0.969 bits per heavy atom. The maximum atomic E-state index is 13.0. The van der Waals surface area contributed by atoms with E-state index in [-0.39, 0.29) is 24.6 Å². The van der Waals surface area contributed by atoms with E-state index in [4.69, 9.17) is 14.2 Å². The topological polar surface area (TPSA) is 94.2 Å². The first kappa shape index (κ1) is 21.7. The quantitative estimate of drug-likeness (QED) is 0.721. The molecule has 0 saturated carbocycles. The average molecular weight is 438 g/mol. The van der Waals surface area contributed by atoms with E-state index >= 15 is 0 Å². The van der Waals surface area contributed by atoms with Gasteiger partial charge in [-0.15, -0.1) is 0 Å². The lowest BCUT2D eigenvalue weighted by Crippen LogP contribution is -2.47. The first-order valence-electron chi connectivity index (χ1n) is 10.8. The highest BCUT2D eigenvalue weighted by atomic mass is 16.6. The largest absolute Gasteiger partial charge is 0.457 e. The van der Waals surface area contributed by atoms with Crippen molar-refractivity contribution in [2.24, 2.45) is 0 Å². The van der Waals surface area contributed by atoms with Crippen LogP contribution in [0.25, 0.3) is 0 Å². The molecule has 2 heterocycles. The molecule has 8 heteroatoms. The van der Waals surface area contributed by atoms with Crippen molar-refractivity contribution in [3.8, 4) is 11.5 Å². The lowest BCUT2D eigenvalue weighted by Gasteiger charge is -2.31. The van der Waals surface area contributed by atoms with Gasteiger partial charge < -0.3 is 24.4 Å². The molecule has 168 valence electrons. The number of ether oxygens (including phenoxy) is 3. The molecule has 2 aliphatic rings. The number of hydrogen-bond acceptors (Lipinski definition) is 6. The molecule has 1 N–H and O–H groups in total. The zero-order chi connectivity index (χ0) is 22.5. The predicted molar refractivity (Wildman–Crippen MR) is 116 cm³/mol. The van der Waals surface area contributed by atoms with Gasteiger partial charge in [0.25, 0.3) is 5.91 Å². The zero-order valence-corrected chi connectivity index (χ0v) is 17.9. The molecule has 2 aliphatic heterocycles. The van der Waals surface area contributed by atoms with Gasteiger partial charge in [0.05, 0.1) is 6.61 Å². The Balaban J connectivity index is 1.33. The van der Waals surface area contributed by atoms with Crippen LogP contribution >= 0.6 is 0 Å². The summed E-state index contributed by atoms with van der Waals surface area (Å²) in [7, 11) is 0. The third-order valence-electron chi connectivity index (χ3n) is 5.65. The SMILES string of the molecule is CCOC(=O)N1CCC(NC(=O)COC(=O)C2c3ccccc3Oc3ccccc32)CC1. The highest BCUT2D eigenvalue weighted by molar-refractivity contribution is 5.87. The fraction of sp³-hybridized carbons (Fsp3) is 0.375.